The van der Waals surface area contributed by atoms with Crippen LogP contribution in [-0.4, -0.2) is 49.1 Å². The van der Waals surface area contributed by atoms with Crippen molar-refractivity contribution in [3.05, 3.63) is 0 Å². The highest BCUT2D eigenvalue weighted by Gasteiger charge is 2.16. The zero-order valence-electron chi connectivity index (χ0n) is 8.88. The summed E-state index contributed by atoms with van der Waals surface area (Å²) in [6, 6.07) is 0.832. The molecule has 1 rings (SSSR count). The maximum Gasteiger partial charge on any atom is 0.0117 e. The summed E-state index contributed by atoms with van der Waals surface area (Å²) in [4.78, 5) is 2.53. The Kier molecular flexibility index (Phi) is 5.83. The average Bonchev–Trinajstić information content (AvgIpc) is 2.19. The van der Waals surface area contributed by atoms with Crippen molar-refractivity contribution < 1.29 is 0 Å². The fourth-order valence-electron chi connectivity index (χ4n) is 1.78. The first kappa shape index (κ1) is 11.3. The van der Waals surface area contributed by atoms with Gasteiger partial charge in [0.2, 0.25) is 0 Å². The van der Waals surface area contributed by atoms with Crippen LogP contribution in [0.5, 0.6) is 0 Å². The van der Waals surface area contributed by atoms with Crippen molar-refractivity contribution in [1.82, 2.24) is 10.2 Å². The lowest BCUT2D eigenvalue weighted by Gasteiger charge is -2.31. The summed E-state index contributed by atoms with van der Waals surface area (Å²) in [5.41, 5.74) is 0. The Balaban J connectivity index is 2.09. The van der Waals surface area contributed by atoms with Gasteiger partial charge in [-0.3, -0.25) is 0 Å². The number of hydrogen-bond acceptors (Lipinski definition) is 3. The van der Waals surface area contributed by atoms with Crippen LogP contribution in [0.1, 0.15) is 19.8 Å². The lowest BCUT2D eigenvalue weighted by Crippen LogP contribution is -2.41. The van der Waals surface area contributed by atoms with E-state index in [1.807, 2.05) is 11.8 Å². The van der Waals surface area contributed by atoms with Crippen LogP contribution in [0.15, 0.2) is 0 Å². The third-order valence-corrected chi connectivity index (χ3v) is 3.60. The van der Waals surface area contributed by atoms with E-state index >= 15 is 0 Å². The standard InChI is InChI=1S/C10H22N2S/c1-3-13-9-8-12(2)10-4-6-11-7-5-10/h10-11H,3-9H2,1-2H3. The molecule has 0 atom stereocenters. The van der Waals surface area contributed by atoms with Crippen molar-refractivity contribution in [2.75, 3.05) is 38.2 Å². The van der Waals surface area contributed by atoms with Crippen molar-refractivity contribution in [2.45, 2.75) is 25.8 Å². The van der Waals surface area contributed by atoms with Gasteiger partial charge in [-0.1, -0.05) is 6.92 Å². The van der Waals surface area contributed by atoms with Crippen molar-refractivity contribution in [3.8, 4) is 0 Å². The summed E-state index contributed by atoms with van der Waals surface area (Å²) in [5.74, 6) is 2.54. The number of piperidine rings is 1. The van der Waals surface area contributed by atoms with Crippen molar-refractivity contribution >= 4 is 11.8 Å². The molecule has 0 aromatic carbocycles. The topological polar surface area (TPSA) is 15.3 Å². The largest absolute Gasteiger partial charge is 0.317 e. The van der Waals surface area contributed by atoms with Gasteiger partial charge in [0.25, 0.3) is 0 Å². The van der Waals surface area contributed by atoms with E-state index in [-0.39, 0.29) is 0 Å². The summed E-state index contributed by atoms with van der Waals surface area (Å²) < 4.78 is 0. The highest BCUT2D eigenvalue weighted by molar-refractivity contribution is 7.99. The third-order valence-electron chi connectivity index (χ3n) is 2.72. The van der Waals surface area contributed by atoms with Crippen LogP contribution in [0.3, 0.4) is 0 Å². The average molecular weight is 202 g/mol. The summed E-state index contributed by atoms with van der Waals surface area (Å²) in [5, 5.41) is 3.40. The highest BCUT2D eigenvalue weighted by atomic mass is 32.2. The second-order valence-corrected chi connectivity index (χ2v) is 5.05. The van der Waals surface area contributed by atoms with Crippen LogP contribution in [0.2, 0.25) is 0 Å². The monoisotopic (exact) mass is 202 g/mol. The number of hydrogen-bond donors (Lipinski definition) is 1. The van der Waals surface area contributed by atoms with Gasteiger partial charge in [0.1, 0.15) is 0 Å². The quantitative estimate of drug-likeness (QED) is 0.679. The summed E-state index contributed by atoms with van der Waals surface area (Å²) in [7, 11) is 2.27. The van der Waals surface area contributed by atoms with Gasteiger partial charge < -0.3 is 10.2 Å². The van der Waals surface area contributed by atoms with Crippen LogP contribution in [-0.2, 0) is 0 Å². The minimum atomic E-state index is 0.832. The predicted molar refractivity (Wildman–Crippen MR) is 61.5 cm³/mol. The Morgan fingerprint density at radius 1 is 1.38 bits per heavy atom. The Labute approximate surface area is 86.5 Å². The van der Waals surface area contributed by atoms with Gasteiger partial charge in [-0.25, -0.2) is 0 Å². The predicted octanol–water partition coefficient (Wildman–Crippen LogP) is 1.42. The Morgan fingerprint density at radius 2 is 2.08 bits per heavy atom. The van der Waals surface area contributed by atoms with E-state index in [1.165, 1.54) is 44.0 Å². The van der Waals surface area contributed by atoms with E-state index in [0.29, 0.717) is 0 Å². The first-order valence-electron chi connectivity index (χ1n) is 5.33. The van der Waals surface area contributed by atoms with Crippen LogP contribution in [0, 0.1) is 0 Å². The molecule has 0 aromatic rings. The minimum Gasteiger partial charge on any atom is -0.317 e. The number of nitrogens with zero attached hydrogens (tertiary/aromatic N) is 1. The minimum absolute atomic E-state index is 0.832. The fourth-order valence-corrected chi connectivity index (χ4v) is 2.49. The Morgan fingerprint density at radius 3 is 2.69 bits per heavy atom. The van der Waals surface area contributed by atoms with E-state index in [1.54, 1.807) is 0 Å². The summed E-state index contributed by atoms with van der Waals surface area (Å²) in [6.45, 7) is 5.89. The lowest BCUT2D eigenvalue weighted by atomic mass is 10.1. The zero-order valence-corrected chi connectivity index (χ0v) is 9.70. The van der Waals surface area contributed by atoms with Gasteiger partial charge in [-0.2, -0.15) is 11.8 Å². The van der Waals surface area contributed by atoms with Crippen molar-refractivity contribution in [1.29, 1.82) is 0 Å². The SMILES string of the molecule is CCSCCN(C)C1CCNCC1. The Hall–Kier alpha value is 0.270. The summed E-state index contributed by atoms with van der Waals surface area (Å²) in [6.07, 6.45) is 2.65. The maximum absolute atomic E-state index is 3.40. The van der Waals surface area contributed by atoms with Gasteiger partial charge in [0.05, 0.1) is 0 Å². The zero-order chi connectivity index (χ0) is 9.52. The molecule has 78 valence electrons. The second-order valence-electron chi connectivity index (χ2n) is 3.66. The van der Waals surface area contributed by atoms with Crippen LogP contribution < -0.4 is 5.32 Å². The van der Waals surface area contributed by atoms with Crippen LogP contribution in [0.25, 0.3) is 0 Å². The Bertz CT molecular complexity index is 124. The second kappa shape index (κ2) is 6.68. The van der Waals surface area contributed by atoms with E-state index in [2.05, 4.69) is 24.2 Å². The fraction of sp³-hybridized carbons (Fsp3) is 1.00. The molecule has 1 aliphatic heterocycles. The molecule has 2 nitrogen and oxygen atoms in total. The highest BCUT2D eigenvalue weighted by Crippen LogP contribution is 2.10. The molecule has 1 aliphatic rings. The third kappa shape index (κ3) is 4.34. The van der Waals surface area contributed by atoms with Crippen LogP contribution in [0.4, 0.5) is 0 Å². The molecular weight excluding hydrogens is 180 g/mol. The van der Waals surface area contributed by atoms with E-state index in [0.717, 1.165) is 6.04 Å². The molecule has 13 heavy (non-hydrogen) atoms. The molecule has 1 N–H and O–H groups in total. The van der Waals surface area contributed by atoms with Crippen molar-refractivity contribution in [2.24, 2.45) is 0 Å². The molecule has 0 unspecified atom stereocenters. The molecule has 0 radical (unpaired) electrons. The summed E-state index contributed by atoms with van der Waals surface area (Å²) >= 11 is 2.04. The van der Waals surface area contributed by atoms with E-state index in [9.17, 15) is 0 Å². The molecular formula is C10H22N2S. The number of rotatable bonds is 5. The lowest BCUT2D eigenvalue weighted by molar-refractivity contribution is 0.210. The van der Waals surface area contributed by atoms with Gasteiger partial charge in [0.15, 0.2) is 0 Å². The molecule has 0 saturated carbocycles. The number of thioether (sulfide) groups is 1. The van der Waals surface area contributed by atoms with Crippen molar-refractivity contribution in [3.63, 3.8) is 0 Å². The molecule has 1 fully saturated rings. The number of nitrogens with one attached hydrogen (secondary N) is 1. The molecule has 0 aromatic heterocycles. The van der Waals surface area contributed by atoms with Gasteiger partial charge in [-0.15, -0.1) is 0 Å². The molecule has 0 spiro atoms. The molecule has 1 saturated heterocycles. The van der Waals surface area contributed by atoms with Crippen LogP contribution >= 0.6 is 11.8 Å². The van der Waals surface area contributed by atoms with Gasteiger partial charge in [0, 0.05) is 18.3 Å². The molecule has 0 aliphatic carbocycles. The molecule has 0 bridgehead atoms. The van der Waals surface area contributed by atoms with E-state index < -0.39 is 0 Å². The molecule has 3 heteroatoms. The first-order chi connectivity index (χ1) is 6.34. The van der Waals surface area contributed by atoms with E-state index in [4.69, 9.17) is 0 Å². The van der Waals surface area contributed by atoms with Gasteiger partial charge >= 0.3 is 0 Å². The molecule has 1 heterocycles. The normalized spacial score (nSPS) is 19.6. The smallest absolute Gasteiger partial charge is 0.0117 e. The first-order valence-corrected chi connectivity index (χ1v) is 6.48. The van der Waals surface area contributed by atoms with Gasteiger partial charge in [-0.05, 0) is 38.7 Å². The maximum atomic E-state index is 3.40. The molecule has 0 amide bonds.